The zero-order chi connectivity index (χ0) is 26.9. The quantitative estimate of drug-likeness (QED) is 0.405. The number of carbonyl (C=O) groups excluding carboxylic acids is 4. The lowest BCUT2D eigenvalue weighted by Crippen LogP contribution is -2.33. The van der Waals surface area contributed by atoms with Crippen LogP contribution in [0.25, 0.3) is 11.6 Å². The maximum Gasteiger partial charge on any atom is 0.261 e. The number of aromatic nitrogens is 1. The number of benzene rings is 2. The standard InChI is InChI=1S/C31H26N4O4/c36-27-11-10-24-17-21(18-32-29(24)33-27)7-12-28(37)34-15-13-23(14-16-34)22-8-5-20(6-9-22)19-35-30(38)25-3-1-2-4-26(25)31(35)39/h1-9,12-13,17-18H,10-11,14-16,19H2,(H,32,33,36)/b12-7+. The molecule has 1 aromatic heterocycles. The monoisotopic (exact) mass is 518 g/mol. The van der Waals surface area contributed by atoms with Gasteiger partial charge in [0.1, 0.15) is 5.82 Å². The number of nitrogens with zero attached hydrogens (tertiary/aromatic N) is 3. The summed E-state index contributed by atoms with van der Waals surface area (Å²) in [6, 6.07) is 16.7. The molecule has 3 aliphatic heterocycles. The molecule has 0 bridgehead atoms. The van der Waals surface area contributed by atoms with E-state index in [0.717, 1.165) is 34.2 Å². The van der Waals surface area contributed by atoms with E-state index < -0.39 is 0 Å². The Morgan fingerprint density at radius 2 is 1.69 bits per heavy atom. The van der Waals surface area contributed by atoms with Gasteiger partial charge in [0.05, 0.1) is 17.7 Å². The molecule has 0 saturated carbocycles. The van der Waals surface area contributed by atoms with Crippen molar-refractivity contribution in [2.24, 2.45) is 0 Å². The van der Waals surface area contributed by atoms with Crippen LogP contribution in [0.3, 0.4) is 0 Å². The largest absolute Gasteiger partial charge is 0.335 e. The summed E-state index contributed by atoms with van der Waals surface area (Å²) in [4.78, 5) is 56.9. The summed E-state index contributed by atoms with van der Waals surface area (Å²) < 4.78 is 0. The molecule has 0 aliphatic carbocycles. The lowest BCUT2D eigenvalue weighted by atomic mass is 9.98. The predicted octanol–water partition coefficient (Wildman–Crippen LogP) is 4.09. The molecular formula is C31H26N4O4. The number of hydrogen-bond donors (Lipinski definition) is 1. The molecule has 194 valence electrons. The summed E-state index contributed by atoms with van der Waals surface area (Å²) in [6.07, 6.45) is 8.87. The van der Waals surface area contributed by atoms with Crippen LogP contribution in [-0.4, -0.2) is 51.5 Å². The van der Waals surface area contributed by atoms with Crippen LogP contribution < -0.4 is 5.32 Å². The van der Waals surface area contributed by atoms with Crippen molar-refractivity contribution < 1.29 is 19.2 Å². The predicted molar refractivity (Wildman–Crippen MR) is 146 cm³/mol. The van der Waals surface area contributed by atoms with Crippen molar-refractivity contribution in [1.82, 2.24) is 14.8 Å². The average Bonchev–Trinajstić information content (AvgIpc) is 3.21. The van der Waals surface area contributed by atoms with E-state index in [2.05, 4.69) is 16.4 Å². The van der Waals surface area contributed by atoms with E-state index in [4.69, 9.17) is 0 Å². The number of anilines is 1. The Morgan fingerprint density at radius 3 is 2.38 bits per heavy atom. The highest BCUT2D eigenvalue weighted by Crippen LogP contribution is 2.27. The molecule has 8 heteroatoms. The molecule has 0 saturated heterocycles. The fraction of sp³-hybridized carbons (Fsp3) is 0.194. The van der Waals surface area contributed by atoms with Gasteiger partial charge in [0.15, 0.2) is 0 Å². The van der Waals surface area contributed by atoms with Crippen molar-refractivity contribution >= 4 is 41.1 Å². The minimum atomic E-state index is -0.259. The van der Waals surface area contributed by atoms with E-state index in [1.807, 2.05) is 30.3 Å². The molecule has 0 fully saturated rings. The molecule has 0 unspecified atom stereocenters. The lowest BCUT2D eigenvalue weighted by Gasteiger charge is -2.26. The molecule has 3 aliphatic rings. The van der Waals surface area contributed by atoms with Crippen molar-refractivity contribution in [2.75, 3.05) is 18.4 Å². The van der Waals surface area contributed by atoms with Crippen LogP contribution in [0.2, 0.25) is 0 Å². The minimum absolute atomic E-state index is 0.0247. The first kappa shape index (κ1) is 24.5. The molecule has 0 atom stereocenters. The molecule has 0 spiro atoms. The second kappa shape index (κ2) is 10.1. The number of pyridine rings is 1. The van der Waals surface area contributed by atoms with Gasteiger partial charge in [-0.2, -0.15) is 0 Å². The Balaban J connectivity index is 1.06. The van der Waals surface area contributed by atoms with Crippen LogP contribution in [0.15, 0.2) is 72.9 Å². The topological polar surface area (TPSA) is 99.7 Å². The molecule has 8 nitrogen and oxygen atoms in total. The number of rotatable bonds is 5. The zero-order valence-electron chi connectivity index (χ0n) is 21.2. The maximum atomic E-state index is 12.8. The summed E-state index contributed by atoms with van der Waals surface area (Å²) in [7, 11) is 0. The number of nitrogens with one attached hydrogen (secondary N) is 1. The highest BCUT2D eigenvalue weighted by atomic mass is 16.2. The van der Waals surface area contributed by atoms with E-state index in [1.54, 1.807) is 47.5 Å². The third-order valence-corrected chi connectivity index (χ3v) is 7.35. The number of carbonyl (C=O) groups is 4. The summed E-state index contributed by atoms with van der Waals surface area (Å²) in [5.74, 6) is -0.00860. The van der Waals surface area contributed by atoms with Gasteiger partial charge in [-0.1, -0.05) is 42.5 Å². The lowest BCUT2D eigenvalue weighted by molar-refractivity contribution is -0.125. The van der Waals surface area contributed by atoms with Crippen LogP contribution >= 0.6 is 0 Å². The molecular weight excluding hydrogens is 492 g/mol. The fourth-order valence-electron chi connectivity index (χ4n) is 5.16. The van der Waals surface area contributed by atoms with Crippen molar-refractivity contribution in [3.05, 3.63) is 106 Å². The Kier molecular flexibility index (Phi) is 6.36. The van der Waals surface area contributed by atoms with Crippen LogP contribution in [-0.2, 0) is 22.6 Å². The first-order valence-electron chi connectivity index (χ1n) is 13.0. The Morgan fingerprint density at radius 1 is 0.949 bits per heavy atom. The van der Waals surface area contributed by atoms with Gasteiger partial charge in [-0.05, 0) is 64.9 Å². The SMILES string of the molecule is O=C1CCc2cc(/C=C/C(=O)N3CC=C(c4ccc(CN5C(=O)c6ccccc6C5=O)cc4)CC3)cnc2N1. The molecule has 4 heterocycles. The number of aryl methyl sites for hydroxylation is 1. The third kappa shape index (κ3) is 4.88. The average molecular weight is 519 g/mol. The van der Waals surface area contributed by atoms with Gasteiger partial charge in [0.25, 0.3) is 11.8 Å². The molecule has 4 amide bonds. The second-order valence-corrected chi connectivity index (χ2v) is 9.86. The van der Waals surface area contributed by atoms with Crippen LogP contribution in [0, 0.1) is 0 Å². The smallest absolute Gasteiger partial charge is 0.261 e. The van der Waals surface area contributed by atoms with Crippen LogP contribution in [0.1, 0.15) is 55.8 Å². The fourth-order valence-corrected chi connectivity index (χ4v) is 5.16. The highest BCUT2D eigenvalue weighted by Gasteiger charge is 2.34. The van der Waals surface area contributed by atoms with E-state index >= 15 is 0 Å². The van der Waals surface area contributed by atoms with E-state index in [-0.39, 0.29) is 30.2 Å². The Hall–Kier alpha value is -4.85. The van der Waals surface area contributed by atoms with Crippen molar-refractivity contribution in [1.29, 1.82) is 0 Å². The van der Waals surface area contributed by atoms with Gasteiger partial charge in [0, 0.05) is 31.8 Å². The Labute approximate surface area is 225 Å². The zero-order valence-corrected chi connectivity index (χ0v) is 21.2. The first-order chi connectivity index (χ1) is 19.0. The van der Waals surface area contributed by atoms with Crippen molar-refractivity contribution in [2.45, 2.75) is 25.8 Å². The second-order valence-electron chi connectivity index (χ2n) is 9.86. The van der Waals surface area contributed by atoms with E-state index in [9.17, 15) is 19.2 Å². The molecule has 1 N–H and O–H groups in total. The van der Waals surface area contributed by atoms with E-state index in [0.29, 0.717) is 42.9 Å². The van der Waals surface area contributed by atoms with Crippen LogP contribution in [0.5, 0.6) is 0 Å². The summed E-state index contributed by atoms with van der Waals surface area (Å²) >= 11 is 0. The summed E-state index contributed by atoms with van der Waals surface area (Å²) in [5, 5.41) is 2.76. The number of amides is 4. The van der Waals surface area contributed by atoms with Gasteiger partial charge in [-0.25, -0.2) is 4.98 Å². The number of hydrogen-bond acceptors (Lipinski definition) is 5. The van der Waals surface area contributed by atoms with Gasteiger partial charge in [-0.15, -0.1) is 0 Å². The third-order valence-electron chi connectivity index (χ3n) is 7.35. The van der Waals surface area contributed by atoms with Gasteiger partial charge >= 0.3 is 0 Å². The van der Waals surface area contributed by atoms with Crippen molar-refractivity contribution in [3.63, 3.8) is 0 Å². The van der Waals surface area contributed by atoms with Gasteiger partial charge < -0.3 is 10.2 Å². The normalized spacial score (nSPS) is 16.7. The first-order valence-corrected chi connectivity index (χ1v) is 13.0. The highest BCUT2D eigenvalue weighted by molar-refractivity contribution is 6.21. The molecule has 39 heavy (non-hydrogen) atoms. The molecule has 2 aromatic carbocycles. The number of imide groups is 1. The molecule has 3 aromatic rings. The van der Waals surface area contributed by atoms with Gasteiger partial charge in [0.2, 0.25) is 11.8 Å². The van der Waals surface area contributed by atoms with Gasteiger partial charge in [-0.3, -0.25) is 24.1 Å². The maximum absolute atomic E-state index is 12.8. The minimum Gasteiger partial charge on any atom is -0.335 e. The summed E-state index contributed by atoms with van der Waals surface area (Å²) in [5.41, 5.74) is 5.82. The number of fused-ring (bicyclic) bond motifs is 2. The van der Waals surface area contributed by atoms with E-state index in [1.165, 1.54) is 4.90 Å². The molecule has 6 rings (SSSR count). The molecule has 0 radical (unpaired) electrons. The Bertz CT molecular complexity index is 1540. The summed E-state index contributed by atoms with van der Waals surface area (Å²) in [6.45, 7) is 1.36. The van der Waals surface area contributed by atoms with Crippen molar-refractivity contribution in [3.8, 4) is 0 Å². The van der Waals surface area contributed by atoms with Crippen LogP contribution in [0.4, 0.5) is 5.82 Å².